The number of hydrogen-bond acceptors (Lipinski definition) is 8. The second kappa shape index (κ2) is 12.7. The number of carbonyl (C=O) groups is 1. The Morgan fingerprint density at radius 2 is 1.78 bits per heavy atom. The van der Waals surface area contributed by atoms with Crippen molar-refractivity contribution in [2.75, 3.05) is 31.8 Å². The summed E-state index contributed by atoms with van der Waals surface area (Å²) in [4.78, 5) is 18.7. The first kappa shape index (κ1) is 25.9. The fourth-order valence-corrected chi connectivity index (χ4v) is 3.80. The Balaban J connectivity index is 1.44. The van der Waals surface area contributed by atoms with Gasteiger partial charge in [0.2, 0.25) is 0 Å². The predicted octanol–water partition coefficient (Wildman–Crippen LogP) is 5.64. The molecule has 37 heavy (non-hydrogen) atoms. The van der Waals surface area contributed by atoms with Crippen molar-refractivity contribution in [2.24, 2.45) is 0 Å². The van der Waals surface area contributed by atoms with Crippen LogP contribution in [0.15, 0.2) is 77.2 Å². The lowest BCUT2D eigenvalue weighted by Crippen LogP contribution is -2.27. The van der Waals surface area contributed by atoms with Crippen LogP contribution in [-0.2, 0) is 16.1 Å². The van der Waals surface area contributed by atoms with E-state index in [0.717, 1.165) is 34.6 Å². The summed E-state index contributed by atoms with van der Waals surface area (Å²) in [6.45, 7) is 5.50. The third-order valence-electron chi connectivity index (χ3n) is 5.66. The number of ether oxygens (including phenoxy) is 4. The summed E-state index contributed by atoms with van der Waals surface area (Å²) in [5, 5.41) is 0. The molecular weight excluding hydrogens is 472 g/mol. The van der Waals surface area contributed by atoms with E-state index >= 15 is 0 Å². The fourth-order valence-electron chi connectivity index (χ4n) is 3.80. The molecule has 8 heteroatoms. The number of nitrogens with zero attached hydrogens (tertiary/aromatic N) is 2. The standard InChI is InChI=1S/C29H32N2O6/c1-4-34-28(32)21(2)36-25-10-7-9-22(19-25)20-31(29-30-26-11-5-6-12-27(26)37-29)17-8-18-35-24-15-13-23(33-3)14-16-24/h5-7,9-16,19,21H,4,8,17-18,20H2,1-3H3/t21-/m1/s1. The fraction of sp³-hybridized carbons (Fsp3) is 0.310. The van der Waals surface area contributed by atoms with Crippen molar-refractivity contribution in [1.82, 2.24) is 4.98 Å². The highest BCUT2D eigenvalue weighted by Gasteiger charge is 2.18. The maximum Gasteiger partial charge on any atom is 0.347 e. The van der Waals surface area contributed by atoms with Gasteiger partial charge in [-0.25, -0.2) is 4.79 Å². The zero-order valence-electron chi connectivity index (χ0n) is 21.4. The predicted molar refractivity (Wildman–Crippen MR) is 141 cm³/mol. The first-order valence-electron chi connectivity index (χ1n) is 12.4. The SMILES string of the molecule is CCOC(=O)[C@@H](C)Oc1cccc(CN(CCCOc2ccc(OC)cc2)c2nc3ccccc3o2)c1. The zero-order valence-corrected chi connectivity index (χ0v) is 21.4. The molecule has 0 fully saturated rings. The van der Waals surface area contributed by atoms with Gasteiger partial charge in [0.25, 0.3) is 6.01 Å². The lowest BCUT2D eigenvalue weighted by Gasteiger charge is -2.21. The summed E-state index contributed by atoms with van der Waals surface area (Å²) >= 11 is 0. The van der Waals surface area contributed by atoms with Crippen molar-refractivity contribution in [3.8, 4) is 17.2 Å². The van der Waals surface area contributed by atoms with E-state index in [4.69, 9.17) is 28.3 Å². The smallest absolute Gasteiger partial charge is 0.347 e. The van der Waals surface area contributed by atoms with Gasteiger partial charge in [0, 0.05) is 13.1 Å². The van der Waals surface area contributed by atoms with Crippen molar-refractivity contribution >= 4 is 23.1 Å². The topological polar surface area (TPSA) is 83.3 Å². The molecule has 4 aromatic rings. The number of esters is 1. The van der Waals surface area contributed by atoms with E-state index in [-0.39, 0.29) is 0 Å². The molecule has 0 radical (unpaired) electrons. The Bertz CT molecular complexity index is 1250. The van der Waals surface area contributed by atoms with Crippen LogP contribution >= 0.6 is 0 Å². The highest BCUT2D eigenvalue weighted by atomic mass is 16.6. The van der Waals surface area contributed by atoms with E-state index in [9.17, 15) is 4.79 Å². The minimum atomic E-state index is -0.696. The average molecular weight is 505 g/mol. The van der Waals surface area contributed by atoms with Gasteiger partial charge in [0.15, 0.2) is 11.7 Å². The van der Waals surface area contributed by atoms with Crippen LogP contribution in [0.5, 0.6) is 17.2 Å². The van der Waals surface area contributed by atoms with Gasteiger partial charge in [-0.2, -0.15) is 4.98 Å². The summed E-state index contributed by atoms with van der Waals surface area (Å²) in [6.07, 6.45) is 0.0549. The molecule has 0 spiro atoms. The van der Waals surface area contributed by atoms with Crippen LogP contribution < -0.4 is 19.1 Å². The molecule has 0 saturated heterocycles. The van der Waals surface area contributed by atoms with Crippen LogP contribution in [0.4, 0.5) is 6.01 Å². The molecule has 4 rings (SSSR count). The second-order valence-electron chi connectivity index (χ2n) is 8.42. The summed E-state index contributed by atoms with van der Waals surface area (Å²) in [6, 6.07) is 23.4. The molecule has 0 aliphatic rings. The number of methoxy groups -OCH3 is 1. The third kappa shape index (κ3) is 7.16. The quantitative estimate of drug-likeness (QED) is 0.171. The van der Waals surface area contributed by atoms with Crippen LogP contribution in [0.2, 0.25) is 0 Å². The Morgan fingerprint density at radius 3 is 2.54 bits per heavy atom. The number of aromatic nitrogens is 1. The molecule has 8 nitrogen and oxygen atoms in total. The number of oxazole rings is 1. The summed E-state index contributed by atoms with van der Waals surface area (Å²) < 4.78 is 28.0. The van der Waals surface area contributed by atoms with E-state index in [0.29, 0.717) is 38.1 Å². The maximum atomic E-state index is 12.0. The van der Waals surface area contributed by atoms with Gasteiger partial charge in [-0.15, -0.1) is 0 Å². The second-order valence-corrected chi connectivity index (χ2v) is 8.42. The van der Waals surface area contributed by atoms with Gasteiger partial charge in [-0.3, -0.25) is 0 Å². The Labute approximate surface area is 216 Å². The maximum absolute atomic E-state index is 12.0. The summed E-state index contributed by atoms with van der Waals surface area (Å²) in [7, 11) is 1.64. The molecular formula is C29H32N2O6. The third-order valence-corrected chi connectivity index (χ3v) is 5.66. The van der Waals surface area contributed by atoms with Crippen molar-refractivity contribution in [1.29, 1.82) is 0 Å². The van der Waals surface area contributed by atoms with Gasteiger partial charge < -0.3 is 28.3 Å². The lowest BCUT2D eigenvalue weighted by molar-refractivity contribution is -0.150. The molecule has 3 aromatic carbocycles. The summed E-state index contributed by atoms with van der Waals surface area (Å²) in [5.74, 6) is 1.78. The van der Waals surface area contributed by atoms with Crippen molar-refractivity contribution in [2.45, 2.75) is 32.9 Å². The molecule has 194 valence electrons. The molecule has 0 amide bonds. The monoisotopic (exact) mass is 504 g/mol. The Kier molecular flexibility index (Phi) is 8.86. The van der Waals surface area contributed by atoms with Crippen LogP contribution in [0, 0.1) is 0 Å². The Hall–Kier alpha value is -4.20. The summed E-state index contributed by atoms with van der Waals surface area (Å²) in [5.41, 5.74) is 2.53. The highest BCUT2D eigenvalue weighted by Crippen LogP contribution is 2.25. The number of hydrogen-bond donors (Lipinski definition) is 0. The van der Waals surface area contributed by atoms with E-state index in [1.165, 1.54) is 0 Å². The molecule has 1 atom stereocenters. The molecule has 0 aliphatic heterocycles. The lowest BCUT2D eigenvalue weighted by atomic mass is 10.2. The average Bonchev–Trinajstić information content (AvgIpc) is 3.35. The molecule has 0 bridgehead atoms. The minimum Gasteiger partial charge on any atom is -0.497 e. The minimum absolute atomic E-state index is 0.314. The van der Waals surface area contributed by atoms with Crippen LogP contribution in [0.1, 0.15) is 25.8 Å². The number of rotatable bonds is 13. The van der Waals surface area contributed by atoms with Gasteiger partial charge >= 0.3 is 5.97 Å². The van der Waals surface area contributed by atoms with E-state index < -0.39 is 12.1 Å². The number of carbonyl (C=O) groups excluding carboxylic acids is 1. The van der Waals surface area contributed by atoms with Gasteiger partial charge in [0.05, 0.1) is 20.3 Å². The molecule has 0 saturated carbocycles. The Morgan fingerprint density at radius 1 is 1.00 bits per heavy atom. The highest BCUT2D eigenvalue weighted by molar-refractivity contribution is 5.75. The van der Waals surface area contributed by atoms with Crippen molar-refractivity contribution < 1.29 is 28.2 Å². The number of anilines is 1. The molecule has 1 aromatic heterocycles. The molecule has 0 N–H and O–H groups in total. The molecule has 0 unspecified atom stereocenters. The van der Waals surface area contributed by atoms with Crippen molar-refractivity contribution in [3.05, 3.63) is 78.4 Å². The first-order valence-corrected chi connectivity index (χ1v) is 12.4. The first-order chi connectivity index (χ1) is 18.1. The molecule has 1 heterocycles. The van der Waals surface area contributed by atoms with Crippen molar-refractivity contribution in [3.63, 3.8) is 0 Å². The van der Waals surface area contributed by atoms with Crippen LogP contribution in [0.25, 0.3) is 11.1 Å². The zero-order chi connectivity index (χ0) is 26.0. The van der Waals surface area contributed by atoms with Gasteiger partial charge in [-0.1, -0.05) is 24.3 Å². The van der Waals surface area contributed by atoms with E-state index in [1.54, 1.807) is 21.0 Å². The van der Waals surface area contributed by atoms with Gasteiger partial charge in [0.1, 0.15) is 22.8 Å². The molecule has 0 aliphatic carbocycles. The van der Waals surface area contributed by atoms with Crippen LogP contribution in [-0.4, -0.2) is 43.9 Å². The normalized spacial score (nSPS) is 11.6. The van der Waals surface area contributed by atoms with E-state index in [1.807, 2.05) is 72.8 Å². The number of benzene rings is 3. The van der Waals surface area contributed by atoms with Gasteiger partial charge in [-0.05, 0) is 74.4 Å². The van der Waals surface area contributed by atoms with Crippen LogP contribution in [0.3, 0.4) is 0 Å². The largest absolute Gasteiger partial charge is 0.497 e. The number of fused-ring (bicyclic) bond motifs is 1. The van der Waals surface area contributed by atoms with E-state index in [2.05, 4.69) is 4.90 Å². The number of para-hydroxylation sites is 2.